The van der Waals surface area contributed by atoms with Gasteiger partial charge in [0.25, 0.3) is 0 Å². The van der Waals surface area contributed by atoms with Crippen molar-refractivity contribution >= 4 is 39.5 Å². The third kappa shape index (κ3) is 62.8. The van der Waals surface area contributed by atoms with Crippen LogP contribution in [0.25, 0.3) is 0 Å². The zero-order chi connectivity index (χ0) is 65.4. The van der Waals surface area contributed by atoms with E-state index in [0.717, 1.165) is 108 Å². The minimum absolute atomic E-state index is 0.103. The molecule has 0 aliphatic carbocycles. The number of hydrogen-bond donors (Lipinski definition) is 3. The smallest absolute Gasteiger partial charge is 0.462 e. The van der Waals surface area contributed by atoms with Crippen LogP contribution in [0.2, 0.25) is 0 Å². The van der Waals surface area contributed by atoms with E-state index in [4.69, 9.17) is 37.0 Å². The Hall–Kier alpha value is -1.94. The van der Waals surface area contributed by atoms with Crippen LogP contribution in [-0.4, -0.2) is 96.7 Å². The summed E-state index contributed by atoms with van der Waals surface area (Å²) < 4.78 is 68.2. The maximum atomic E-state index is 13.0. The fourth-order valence-electron chi connectivity index (χ4n) is 10.3. The minimum atomic E-state index is -4.95. The van der Waals surface area contributed by atoms with Gasteiger partial charge in [0.05, 0.1) is 26.4 Å². The SMILES string of the molecule is CC(C)CCCCCCCCCCCCCCC(=O)OC[C@H](COP(=O)(O)OCC(O)COP(=O)(O)OC[C@@H](COC(=O)CCCCCCCCCCC(C)C)OC(=O)CCCCCCCCCCCC(C)C)OC(=O)CCCCCCCCCC(C)C. The van der Waals surface area contributed by atoms with E-state index >= 15 is 0 Å². The average molecular weight is 1300 g/mol. The highest BCUT2D eigenvalue weighted by atomic mass is 31.2. The summed E-state index contributed by atoms with van der Waals surface area (Å²) >= 11 is 0. The van der Waals surface area contributed by atoms with Crippen molar-refractivity contribution in [2.75, 3.05) is 39.6 Å². The predicted octanol–water partition coefficient (Wildman–Crippen LogP) is 19.3. The maximum Gasteiger partial charge on any atom is 0.472 e. The summed E-state index contributed by atoms with van der Waals surface area (Å²) in [5, 5.41) is 10.6. The van der Waals surface area contributed by atoms with E-state index in [0.29, 0.717) is 31.6 Å². The van der Waals surface area contributed by atoms with Crippen LogP contribution >= 0.6 is 15.6 Å². The molecular weight excluding hydrogens is 1160 g/mol. The van der Waals surface area contributed by atoms with Crippen molar-refractivity contribution in [2.24, 2.45) is 23.7 Å². The second-order valence-electron chi connectivity index (χ2n) is 26.8. The molecule has 0 aromatic carbocycles. The number of aliphatic hydroxyl groups is 1. The van der Waals surface area contributed by atoms with E-state index in [9.17, 15) is 43.2 Å². The molecule has 0 radical (unpaired) electrons. The normalized spacial score (nSPS) is 14.3. The zero-order valence-corrected chi connectivity index (χ0v) is 59.1. The van der Waals surface area contributed by atoms with Gasteiger partial charge in [0.2, 0.25) is 0 Å². The van der Waals surface area contributed by atoms with E-state index in [1.165, 1.54) is 141 Å². The van der Waals surface area contributed by atoms with Crippen LogP contribution in [0, 0.1) is 23.7 Å². The lowest BCUT2D eigenvalue weighted by Crippen LogP contribution is -2.30. The highest BCUT2D eigenvalue weighted by Gasteiger charge is 2.30. The van der Waals surface area contributed by atoms with Gasteiger partial charge in [-0.25, -0.2) is 9.13 Å². The number of carbonyl (C=O) groups excluding carboxylic acids is 4. The molecule has 0 bridgehead atoms. The number of unbranched alkanes of at least 4 members (excludes halogenated alkanes) is 32. The van der Waals surface area contributed by atoms with Gasteiger partial charge in [0.1, 0.15) is 19.3 Å². The molecule has 0 saturated carbocycles. The number of hydrogen-bond acceptors (Lipinski definition) is 15. The quantitative estimate of drug-likeness (QED) is 0.0222. The maximum absolute atomic E-state index is 13.0. The zero-order valence-electron chi connectivity index (χ0n) is 57.3. The Morgan fingerprint density at radius 2 is 0.477 bits per heavy atom. The lowest BCUT2D eigenvalue weighted by Gasteiger charge is -2.21. The number of rotatable bonds is 66. The first-order valence-electron chi connectivity index (χ1n) is 35.7. The third-order valence-electron chi connectivity index (χ3n) is 15.8. The van der Waals surface area contributed by atoms with Crippen molar-refractivity contribution in [2.45, 2.75) is 356 Å². The van der Waals surface area contributed by atoms with Crippen molar-refractivity contribution in [3.63, 3.8) is 0 Å². The van der Waals surface area contributed by atoms with Gasteiger partial charge in [-0.05, 0) is 49.4 Å². The molecule has 17 nitrogen and oxygen atoms in total. The fraction of sp³-hybridized carbons (Fsp3) is 0.942. The van der Waals surface area contributed by atoms with Crippen LogP contribution in [0.15, 0.2) is 0 Å². The van der Waals surface area contributed by atoms with E-state index in [-0.39, 0.29) is 25.7 Å². The van der Waals surface area contributed by atoms with Crippen molar-refractivity contribution in [1.29, 1.82) is 0 Å². The standard InChI is InChI=1S/C69H134O17P2/c1-59(2)45-37-29-21-14-11-9-10-12-16-25-33-41-49-66(71)79-56-65(86-69(74)52-44-36-28-20-24-32-40-48-62(7)8)58-84-88(77,78)82-54-63(70)53-81-87(75,76)83-57-64(55-80-67(72)50-42-34-26-19-18-23-31-39-47-61(5)6)85-68(73)51-43-35-27-17-13-15-22-30-38-46-60(3)4/h59-65,70H,9-58H2,1-8H3,(H,75,76)(H,77,78)/t63?,64-,65-/m1/s1. The summed E-state index contributed by atoms with van der Waals surface area (Å²) in [4.78, 5) is 72.5. The molecule has 3 N–H and O–H groups in total. The molecule has 19 heteroatoms. The van der Waals surface area contributed by atoms with Crippen molar-refractivity contribution < 1.29 is 80.2 Å². The van der Waals surface area contributed by atoms with Crippen molar-refractivity contribution in [3.05, 3.63) is 0 Å². The first kappa shape index (κ1) is 86.1. The second-order valence-corrected chi connectivity index (χ2v) is 29.7. The summed E-state index contributed by atoms with van der Waals surface area (Å²) in [6.07, 6.45) is 40.4. The molecular formula is C69H134O17P2. The van der Waals surface area contributed by atoms with Gasteiger partial charge < -0.3 is 33.8 Å². The van der Waals surface area contributed by atoms with Gasteiger partial charge in [-0.2, -0.15) is 0 Å². The van der Waals surface area contributed by atoms with Crippen molar-refractivity contribution in [3.8, 4) is 0 Å². The van der Waals surface area contributed by atoms with Gasteiger partial charge in [-0.3, -0.25) is 37.3 Å². The monoisotopic (exact) mass is 1300 g/mol. The van der Waals surface area contributed by atoms with Gasteiger partial charge in [0, 0.05) is 25.7 Å². The largest absolute Gasteiger partial charge is 0.472 e. The molecule has 0 saturated heterocycles. The summed E-state index contributed by atoms with van der Waals surface area (Å²) in [6, 6.07) is 0. The Bertz CT molecular complexity index is 1750. The highest BCUT2D eigenvalue weighted by molar-refractivity contribution is 7.47. The van der Waals surface area contributed by atoms with E-state index in [1.54, 1.807) is 0 Å². The van der Waals surface area contributed by atoms with Gasteiger partial charge in [0.15, 0.2) is 12.2 Å². The third-order valence-corrected chi connectivity index (χ3v) is 17.7. The summed E-state index contributed by atoms with van der Waals surface area (Å²) in [6.45, 7) is 14.0. The molecule has 88 heavy (non-hydrogen) atoms. The number of carbonyl (C=O) groups is 4. The number of phosphoric ester groups is 2. The molecule has 0 aromatic heterocycles. The van der Waals surface area contributed by atoms with E-state index in [1.807, 2.05) is 0 Å². The van der Waals surface area contributed by atoms with Crippen LogP contribution in [0.1, 0.15) is 338 Å². The first-order valence-corrected chi connectivity index (χ1v) is 38.7. The molecule has 0 heterocycles. The average Bonchev–Trinajstić information content (AvgIpc) is 3.59. The van der Waals surface area contributed by atoms with Crippen LogP contribution < -0.4 is 0 Å². The van der Waals surface area contributed by atoms with Crippen LogP contribution in [0.3, 0.4) is 0 Å². The van der Waals surface area contributed by atoms with Crippen molar-refractivity contribution in [1.82, 2.24) is 0 Å². The van der Waals surface area contributed by atoms with Crippen LogP contribution in [0.4, 0.5) is 0 Å². The van der Waals surface area contributed by atoms with E-state index < -0.39 is 97.5 Å². The molecule has 3 unspecified atom stereocenters. The molecule has 0 aromatic rings. The Morgan fingerprint density at radius 1 is 0.284 bits per heavy atom. The molecule has 0 aliphatic rings. The lowest BCUT2D eigenvalue weighted by atomic mass is 10.0. The Labute approximate surface area is 537 Å². The fourth-order valence-corrected chi connectivity index (χ4v) is 11.9. The summed E-state index contributed by atoms with van der Waals surface area (Å²) in [5.74, 6) is 0.807. The Balaban J connectivity index is 5.23. The molecule has 522 valence electrons. The number of phosphoric acid groups is 2. The lowest BCUT2D eigenvalue weighted by molar-refractivity contribution is -0.161. The van der Waals surface area contributed by atoms with Gasteiger partial charge in [-0.1, -0.05) is 287 Å². The van der Waals surface area contributed by atoms with Gasteiger partial charge >= 0.3 is 39.5 Å². The second kappa shape index (κ2) is 58.8. The molecule has 0 aliphatic heterocycles. The van der Waals surface area contributed by atoms with E-state index in [2.05, 4.69) is 55.4 Å². The number of aliphatic hydroxyl groups excluding tert-OH is 1. The molecule has 0 rings (SSSR count). The molecule has 0 amide bonds. The molecule has 5 atom stereocenters. The minimum Gasteiger partial charge on any atom is -0.462 e. The molecule has 0 fully saturated rings. The first-order chi connectivity index (χ1) is 42.1. The Kier molecular flexibility index (Phi) is 57.6. The summed E-state index contributed by atoms with van der Waals surface area (Å²) in [5.41, 5.74) is 0. The van der Waals surface area contributed by atoms with Gasteiger partial charge in [-0.15, -0.1) is 0 Å². The molecule has 0 spiro atoms. The van der Waals surface area contributed by atoms with Crippen LogP contribution in [-0.2, 0) is 65.4 Å². The van der Waals surface area contributed by atoms with Crippen LogP contribution in [0.5, 0.6) is 0 Å². The predicted molar refractivity (Wildman–Crippen MR) is 354 cm³/mol. The Morgan fingerprint density at radius 3 is 0.705 bits per heavy atom. The highest BCUT2D eigenvalue weighted by Crippen LogP contribution is 2.45. The number of ether oxygens (including phenoxy) is 4. The number of esters is 4. The topological polar surface area (TPSA) is 237 Å². The summed E-state index contributed by atoms with van der Waals surface area (Å²) in [7, 11) is -9.90.